The summed E-state index contributed by atoms with van der Waals surface area (Å²) < 4.78 is 40.7. The molecule has 1 aliphatic carbocycles. The number of carbonyl (C=O) groups excluding carboxylic acids is 1. The van der Waals surface area contributed by atoms with Crippen LogP contribution in [-0.4, -0.2) is 16.7 Å². The molecule has 2 aromatic rings. The molecule has 1 amide bonds. The second kappa shape index (κ2) is 6.49. The van der Waals surface area contributed by atoms with Gasteiger partial charge in [0.2, 0.25) is 5.91 Å². The Bertz CT molecular complexity index is 735. The highest BCUT2D eigenvalue weighted by Gasteiger charge is 2.43. The zero-order valence-electron chi connectivity index (χ0n) is 13.6. The highest BCUT2D eigenvalue weighted by molar-refractivity contribution is 5.95. The predicted molar refractivity (Wildman–Crippen MR) is 87.7 cm³/mol. The average molecular weight is 338 g/mol. The second-order valence-electron chi connectivity index (χ2n) is 6.47. The Morgan fingerprint density at radius 3 is 2.79 bits per heavy atom. The van der Waals surface area contributed by atoms with Crippen molar-refractivity contribution in [1.82, 2.24) is 4.57 Å². The van der Waals surface area contributed by atoms with Gasteiger partial charge in [-0.1, -0.05) is 12.5 Å². The van der Waals surface area contributed by atoms with Gasteiger partial charge >= 0.3 is 6.18 Å². The number of aromatic nitrogens is 1. The van der Waals surface area contributed by atoms with E-state index in [1.807, 2.05) is 31.3 Å². The summed E-state index contributed by atoms with van der Waals surface area (Å²) >= 11 is 0. The van der Waals surface area contributed by atoms with Crippen LogP contribution in [0.3, 0.4) is 0 Å². The van der Waals surface area contributed by atoms with E-state index in [1.165, 1.54) is 0 Å². The predicted octanol–water partition coefficient (Wildman–Crippen LogP) is 4.97. The van der Waals surface area contributed by atoms with Crippen LogP contribution in [0.4, 0.5) is 18.9 Å². The molecule has 3 nitrogen and oxygen atoms in total. The number of hydrogen-bond donors (Lipinski definition) is 1. The molecule has 0 unspecified atom stereocenters. The molecule has 1 fully saturated rings. The molecule has 1 saturated carbocycles. The van der Waals surface area contributed by atoms with Crippen LogP contribution >= 0.6 is 0 Å². The van der Waals surface area contributed by atoms with Crippen LogP contribution in [0.15, 0.2) is 30.5 Å². The number of amides is 1. The van der Waals surface area contributed by atoms with Gasteiger partial charge in [0.15, 0.2) is 0 Å². The van der Waals surface area contributed by atoms with Gasteiger partial charge < -0.3 is 9.88 Å². The van der Waals surface area contributed by atoms with Gasteiger partial charge in [0, 0.05) is 24.3 Å². The van der Waals surface area contributed by atoms with E-state index >= 15 is 0 Å². The molecule has 1 aromatic heterocycles. The Morgan fingerprint density at radius 1 is 1.29 bits per heavy atom. The molecule has 0 radical (unpaired) electrons. The van der Waals surface area contributed by atoms with Gasteiger partial charge in [-0.15, -0.1) is 0 Å². The van der Waals surface area contributed by atoms with E-state index in [4.69, 9.17) is 0 Å². The van der Waals surface area contributed by atoms with Crippen LogP contribution in [0.1, 0.15) is 32.6 Å². The summed E-state index contributed by atoms with van der Waals surface area (Å²) in [5, 5.41) is 3.87. The lowest BCUT2D eigenvalue weighted by atomic mass is 9.80. The number of halogens is 3. The van der Waals surface area contributed by atoms with Gasteiger partial charge in [-0.25, -0.2) is 0 Å². The lowest BCUT2D eigenvalue weighted by Crippen LogP contribution is -2.34. The Balaban J connectivity index is 1.72. The number of hydrogen-bond acceptors (Lipinski definition) is 1. The first-order valence-corrected chi connectivity index (χ1v) is 8.35. The normalized spacial score (nSPS) is 21.8. The number of nitrogens with zero attached hydrogens (tertiary/aromatic N) is 1. The third-order valence-corrected chi connectivity index (χ3v) is 4.89. The Kier molecular flexibility index (Phi) is 4.56. The van der Waals surface area contributed by atoms with Crippen LogP contribution in [-0.2, 0) is 11.3 Å². The maximum Gasteiger partial charge on any atom is 0.391 e. The molecule has 0 spiro atoms. The summed E-state index contributed by atoms with van der Waals surface area (Å²) in [4.78, 5) is 12.4. The maximum absolute atomic E-state index is 12.9. The third kappa shape index (κ3) is 3.42. The maximum atomic E-state index is 12.9. The number of carbonyl (C=O) groups is 1. The number of rotatable bonds is 3. The highest BCUT2D eigenvalue weighted by atomic mass is 19.4. The van der Waals surface area contributed by atoms with Crippen LogP contribution in [0, 0.1) is 11.8 Å². The van der Waals surface area contributed by atoms with Crippen molar-refractivity contribution in [2.24, 2.45) is 11.8 Å². The molecule has 3 rings (SSSR count). The topological polar surface area (TPSA) is 34.0 Å². The minimum atomic E-state index is -4.21. The van der Waals surface area contributed by atoms with E-state index in [0.29, 0.717) is 18.5 Å². The first-order chi connectivity index (χ1) is 11.4. The van der Waals surface area contributed by atoms with E-state index < -0.39 is 18.0 Å². The van der Waals surface area contributed by atoms with Crippen molar-refractivity contribution >= 4 is 22.5 Å². The van der Waals surface area contributed by atoms with Crippen LogP contribution in [0.5, 0.6) is 0 Å². The molecule has 0 saturated heterocycles. The van der Waals surface area contributed by atoms with Crippen molar-refractivity contribution in [1.29, 1.82) is 0 Å². The van der Waals surface area contributed by atoms with Crippen molar-refractivity contribution in [3.63, 3.8) is 0 Å². The highest BCUT2D eigenvalue weighted by Crippen LogP contribution is 2.40. The number of aryl methyl sites for hydroxylation is 1. The molecule has 1 heterocycles. The largest absolute Gasteiger partial charge is 0.391 e. The van der Waals surface area contributed by atoms with Gasteiger partial charge in [-0.2, -0.15) is 13.2 Å². The van der Waals surface area contributed by atoms with E-state index in [9.17, 15) is 18.0 Å². The van der Waals surface area contributed by atoms with Gasteiger partial charge in [-0.3, -0.25) is 4.79 Å². The van der Waals surface area contributed by atoms with Crippen LogP contribution < -0.4 is 5.32 Å². The zero-order valence-corrected chi connectivity index (χ0v) is 13.6. The van der Waals surface area contributed by atoms with Crippen LogP contribution in [0.25, 0.3) is 10.9 Å². The molecular weight excluding hydrogens is 317 g/mol. The lowest BCUT2D eigenvalue weighted by Gasteiger charge is -2.29. The Labute approximate surface area is 138 Å². The summed E-state index contributed by atoms with van der Waals surface area (Å²) in [7, 11) is 0. The van der Waals surface area contributed by atoms with Gasteiger partial charge in [0.05, 0.1) is 11.4 Å². The summed E-state index contributed by atoms with van der Waals surface area (Å²) in [5.74, 6) is -2.24. The van der Waals surface area contributed by atoms with E-state index in [0.717, 1.165) is 17.4 Å². The molecule has 24 heavy (non-hydrogen) atoms. The molecule has 1 aromatic carbocycles. The van der Waals surface area contributed by atoms with E-state index in [1.54, 1.807) is 6.07 Å². The molecular formula is C18H21F3N2O. The van der Waals surface area contributed by atoms with Gasteiger partial charge in [-0.05, 0) is 49.8 Å². The molecule has 6 heteroatoms. The average Bonchev–Trinajstić information content (AvgIpc) is 2.96. The fraction of sp³-hybridized carbons (Fsp3) is 0.500. The monoisotopic (exact) mass is 338 g/mol. The second-order valence-corrected chi connectivity index (χ2v) is 6.47. The minimum absolute atomic E-state index is 0.108. The zero-order chi connectivity index (χ0) is 17.3. The number of anilines is 1. The molecule has 130 valence electrons. The fourth-order valence-corrected chi connectivity index (χ4v) is 3.51. The molecule has 1 aliphatic rings. The SMILES string of the molecule is CCn1ccc2ccc(NC(=O)[C@@H]3CCC[C@H](C(F)(F)F)C3)cc21. The molecule has 1 N–H and O–H groups in total. The number of nitrogens with one attached hydrogen (secondary N) is 1. The summed E-state index contributed by atoms with van der Waals surface area (Å²) in [6, 6.07) is 7.58. The van der Waals surface area contributed by atoms with Gasteiger partial charge in [0.1, 0.15) is 0 Å². The van der Waals surface area contributed by atoms with Crippen molar-refractivity contribution in [3.8, 4) is 0 Å². The number of alkyl halides is 3. The quantitative estimate of drug-likeness (QED) is 0.842. The third-order valence-electron chi connectivity index (χ3n) is 4.89. The molecule has 0 aliphatic heterocycles. The Morgan fingerprint density at radius 2 is 2.08 bits per heavy atom. The number of benzene rings is 1. The van der Waals surface area contributed by atoms with Crippen molar-refractivity contribution in [2.75, 3.05) is 5.32 Å². The van der Waals surface area contributed by atoms with Crippen molar-refractivity contribution < 1.29 is 18.0 Å². The fourth-order valence-electron chi connectivity index (χ4n) is 3.51. The summed E-state index contributed by atoms with van der Waals surface area (Å²) in [5.41, 5.74) is 1.64. The standard InChI is InChI=1S/C18H21F3N2O/c1-2-23-9-8-12-6-7-15(11-16(12)23)22-17(24)13-4-3-5-14(10-13)18(19,20)21/h6-9,11,13-14H,2-5,10H2,1H3,(H,22,24)/t13-,14+/m1/s1. The lowest BCUT2D eigenvalue weighted by molar-refractivity contribution is -0.185. The summed E-state index contributed by atoms with van der Waals surface area (Å²) in [6.45, 7) is 2.85. The van der Waals surface area contributed by atoms with Gasteiger partial charge in [0.25, 0.3) is 0 Å². The number of fused-ring (bicyclic) bond motifs is 1. The van der Waals surface area contributed by atoms with E-state index in [2.05, 4.69) is 9.88 Å². The van der Waals surface area contributed by atoms with Crippen LogP contribution in [0.2, 0.25) is 0 Å². The smallest absolute Gasteiger partial charge is 0.348 e. The minimum Gasteiger partial charge on any atom is -0.348 e. The van der Waals surface area contributed by atoms with E-state index in [-0.39, 0.29) is 18.7 Å². The Hall–Kier alpha value is -1.98. The van der Waals surface area contributed by atoms with Crippen molar-refractivity contribution in [2.45, 2.75) is 45.3 Å². The van der Waals surface area contributed by atoms with Crippen molar-refractivity contribution in [3.05, 3.63) is 30.5 Å². The molecule has 0 bridgehead atoms. The first-order valence-electron chi connectivity index (χ1n) is 8.35. The summed E-state index contributed by atoms with van der Waals surface area (Å²) in [6.07, 6.45) is -1.25. The first kappa shape index (κ1) is 16.9. The molecule has 2 atom stereocenters.